The molecule has 0 radical (unpaired) electrons. The van der Waals surface area contributed by atoms with Crippen LogP contribution in [0.2, 0.25) is 10.0 Å². The molecule has 2 aliphatic rings. The van der Waals surface area contributed by atoms with Crippen molar-refractivity contribution in [2.75, 3.05) is 6.61 Å². The molecule has 0 bridgehead atoms. The SMILES string of the molecule is O=C(N[C@@H]1COC2(CCCCC2)C1)c1c(Cl)cccc1Cl. The van der Waals surface area contributed by atoms with Crippen LogP contribution in [0.15, 0.2) is 18.2 Å². The molecule has 1 amide bonds. The molecule has 5 heteroatoms. The van der Waals surface area contributed by atoms with Gasteiger partial charge in [-0.15, -0.1) is 0 Å². The van der Waals surface area contributed by atoms with E-state index in [2.05, 4.69) is 5.32 Å². The molecule has 3 nitrogen and oxygen atoms in total. The van der Waals surface area contributed by atoms with Crippen molar-refractivity contribution < 1.29 is 9.53 Å². The van der Waals surface area contributed by atoms with Gasteiger partial charge in [0.2, 0.25) is 0 Å². The van der Waals surface area contributed by atoms with E-state index in [4.69, 9.17) is 27.9 Å². The number of halogens is 2. The number of amides is 1. The monoisotopic (exact) mass is 327 g/mol. The number of benzene rings is 1. The molecule has 1 aromatic carbocycles. The van der Waals surface area contributed by atoms with Gasteiger partial charge in [-0.2, -0.15) is 0 Å². The van der Waals surface area contributed by atoms with E-state index < -0.39 is 0 Å². The third kappa shape index (κ3) is 3.20. The zero-order valence-corrected chi connectivity index (χ0v) is 13.3. The first-order valence-electron chi connectivity index (χ1n) is 7.48. The summed E-state index contributed by atoms with van der Waals surface area (Å²) in [5, 5.41) is 3.78. The van der Waals surface area contributed by atoms with E-state index in [1.807, 2.05) is 0 Å². The van der Waals surface area contributed by atoms with Crippen LogP contribution in [0.4, 0.5) is 0 Å². The Morgan fingerprint density at radius 1 is 1.19 bits per heavy atom. The number of hydrogen-bond donors (Lipinski definition) is 1. The summed E-state index contributed by atoms with van der Waals surface area (Å²) in [7, 11) is 0. The third-order valence-corrected chi connectivity index (χ3v) is 5.13. The Hall–Kier alpha value is -0.770. The van der Waals surface area contributed by atoms with Crippen molar-refractivity contribution in [3.63, 3.8) is 0 Å². The molecule has 21 heavy (non-hydrogen) atoms. The molecule has 2 fully saturated rings. The summed E-state index contributed by atoms with van der Waals surface area (Å²) in [6.07, 6.45) is 6.82. The molecule has 1 saturated carbocycles. The maximum absolute atomic E-state index is 12.4. The highest BCUT2D eigenvalue weighted by Crippen LogP contribution is 2.39. The van der Waals surface area contributed by atoms with Crippen molar-refractivity contribution >= 4 is 29.1 Å². The van der Waals surface area contributed by atoms with Gasteiger partial charge in [-0.1, -0.05) is 48.5 Å². The Kier molecular flexibility index (Phi) is 4.43. The summed E-state index contributed by atoms with van der Waals surface area (Å²) in [6, 6.07) is 5.13. The number of rotatable bonds is 2. The second-order valence-corrected chi connectivity index (χ2v) is 6.84. The molecule has 1 aliphatic heterocycles. The molecule has 114 valence electrons. The summed E-state index contributed by atoms with van der Waals surface area (Å²) in [4.78, 5) is 12.4. The van der Waals surface area contributed by atoms with Crippen LogP contribution in [-0.2, 0) is 4.74 Å². The van der Waals surface area contributed by atoms with Crippen LogP contribution in [-0.4, -0.2) is 24.2 Å². The van der Waals surface area contributed by atoms with E-state index in [9.17, 15) is 4.79 Å². The van der Waals surface area contributed by atoms with Gasteiger partial charge >= 0.3 is 0 Å². The van der Waals surface area contributed by atoms with Gasteiger partial charge in [0, 0.05) is 0 Å². The predicted octanol–water partition coefficient (Wildman–Crippen LogP) is 4.22. The first-order valence-corrected chi connectivity index (χ1v) is 8.24. The van der Waals surface area contributed by atoms with Gasteiger partial charge in [0.25, 0.3) is 5.91 Å². The van der Waals surface area contributed by atoms with Gasteiger partial charge < -0.3 is 10.1 Å². The maximum Gasteiger partial charge on any atom is 0.254 e. The zero-order valence-electron chi connectivity index (χ0n) is 11.8. The van der Waals surface area contributed by atoms with E-state index in [0.29, 0.717) is 22.2 Å². The minimum absolute atomic E-state index is 0.0134. The highest BCUT2D eigenvalue weighted by Gasteiger charge is 2.41. The van der Waals surface area contributed by atoms with E-state index in [-0.39, 0.29) is 17.6 Å². The van der Waals surface area contributed by atoms with Crippen molar-refractivity contribution in [1.29, 1.82) is 0 Å². The molecule has 0 unspecified atom stereocenters. The molecule has 3 rings (SSSR count). The van der Waals surface area contributed by atoms with E-state index >= 15 is 0 Å². The lowest BCUT2D eigenvalue weighted by Gasteiger charge is -2.32. The summed E-state index contributed by atoms with van der Waals surface area (Å²) >= 11 is 12.2. The topological polar surface area (TPSA) is 38.3 Å². The largest absolute Gasteiger partial charge is 0.373 e. The number of ether oxygens (including phenoxy) is 1. The number of carbonyl (C=O) groups excluding carboxylic acids is 1. The summed E-state index contributed by atoms with van der Waals surface area (Å²) in [6.45, 7) is 0.577. The van der Waals surface area contributed by atoms with Crippen LogP contribution >= 0.6 is 23.2 Å². The van der Waals surface area contributed by atoms with Gasteiger partial charge in [-0.25, -0.2) is 0 Å². The number of nitrogens with one attached hydrogen (secondary N) is 1. The number of carbonyl (C=O) groups is 1. The molecule has 1 saturated heterocycles. The Labute approximate surface area is 135 Å². The van der Waals surface area contributed by atoms with Crippen LogP contribution in [0.3, 0.4) is 0 Å². The smallest absolute Gasteiger partial charge is 0.254 e. The van der Waals surface area contributed by atoms with Crippen molar-refractivity contribution in [3.05, 3.63) is 33.8 Å². The van der Waals surface area contributed by atoms with Crippen LogP contribution < -0.4 is 5.32 Å². The van der Waals surface area contributed by atoms with E-state index in [0.717, 1.165) is 19.3 Å². The Bertz CT molecular complexity index is 521. The maximum atomic E-state index is 12.4. The molecule has 1 aliphatic carbocycles. The molecule has 1 N–H and O–H groups in total. The average Bonchev–Trinajstić information content (AvgIpc) is 2.82. The lowest BCUT2D eigenvalue weighted by atomic mass is 9.82. The molecule has 0 aromatic heterocycles. The third-order valence-electron chi connectivity index (χ3n) is 4.50. The minimum atomic E-state index is -0.216. The van der Waals surface area contributed by atoms with Crippen LogP contribution in [0.25, 0.3) is 0 Å². The van der Waals surface area contributed by atoms with Gasteiger partial charge in [0.05, 0.1) is 33.9 Å². The molecule has 1 heterocycles. The van der Waals surface area contributed by atoms with Gasteiger partial charge in [0.1, 0.15) is 0 Å². The quantitative estimate of drug-likeness (QED) is 0.883. The normalized spacial score (nSPS) is 24.2. The average molecular weight is 328 g/mol. The second kappa shape index (κ2) is 6.15. The van der Waals surface area contributed by atoms with Crippen molar-refractivity contribution in [2.24, 2.45) is 0 Å². The van der Waals surface area contributed by atoms with E-state index in [1.165, 1.54) is 19.3 Å². The molecular formula is C16H19Cl2NO2. The predicted molar refractivity (Wildman–Crippen MR) is 84.1 cm³/mol. The van der Waals surface area contributed by atoms with Crippen LogP contribution in [0.5, 0.6) is 0 Å². The number of hydrogen-bond acceptors (Lipinski definition) is 2. The lowest BCUT2D eigenvalue weighted by molar-refractivity contribution is -0.0246. The molecule has 1 spiro atoms. The van der Waals surface area contributed by atoms with Crippen molar-refractivity contribution in [2.45, 2.75) is 50.2 Å². The summed E-state index contributed by atoms with van der Waals surface area (Å²) in [5.41, 5.74) is 0.339. The standard InChI is InChI=1S/C16H19Cl2NO2/c17-12-5-4-6-13(18)14(12)15(20)19-11-9-16(21-10-11)7-2-1-3-8-16/h4-6,11H,1-3,7-10H2,(H,19,20)/t11-/m0/s1. The first-order chi connectivity index (χ1) is 10.1. The molecule has 1 atom stereocenters. The van der Waals surface area contributed by atoms with Gasteiger partial charge in [-0.05, 0) is 31.4 Å². The molecular weight excluding hydrogens is 309 g/mol. The molecule has 1 aromatic rings. The van der Waals surface area contributed by atoms with Gasteiger partial charge in [-0.3, -0.25) is 4.79 Å². The fourth-order valence-corrected chi connectivity index (χ4v) is 4.02. The van der Waals surface area contributed by atoms with E-state index in [1.54, 1.807) is 18.2 Å². The van der Waals surface area contributed by atoms with Crippen LogP contribution in [0, 0.1) is 0 Å². The highest BCUT2D eigenvalue weighted by atomic mass is 35.5. The van der Waals surface area contributed by atoms with Crippen LogP contribution in [0.1, 0.15) is 48.9 Å². The fraction of sp³-hybridized carbons (Fsp3) is 0.562. The zero-order chi connectivity index (χ0) is 14.9. The second-order valence-electron chi connectivity index (χ2n) is 6.03. The summed E-state index contributed by atoms with van der Waals surface area (Å²) < 4.78 is 6.01. The Morgan fingerprint density at radius 3 is 2.52 bits per heavy atom. The minimum Gasteiger partial charge on any atom is -0.373 e. The first kappa shape index (κ1) is 15.1. The van der Waals surface area contributed by atoms with Crippen molar-refractivity contribution in [1.82, 2.24) is 5.32 Å². The highest BCUT2D eigenvalue weighted by molar-refractivity contribution is 6.39. The lowest BCUT2D eigenvalue weighted by Crippen LogP contribution is -2.37. The van der Waals surface area contributed by atoms with Gasteiger partial charge in [0.15, 0.2) is 0 Å². The fourth-order valence-electron chi connectivity index (χ4n) is 3.45. The summed E-state index contributed by atoms with van der Waals surface area (Å²) in [5.74, 6) is -0.216. The Balaban J connectivity index is 1.66. The Morgan fingerprint density at radius 2 is 1.86 bits per heavy atom. The van der Waals surface area contributed by atoms with Crippen molar-refractivity contribution in [3.8, 4) is 0 Å².